The molecule has 1 amide bonds. The third kappa shape index (κ3) is 2.49. The van der Waals surface area contributed by atoms with Crippen LogP contribution in [-0.4, -0.2) is 45.6 Å². The van der Waals surface area contributed by atoms with Gasteiger partial charge < -0.3 is 31.6 Å². The summed E-state index contributed by atoms with van der Waals surface area (Å²) < 4.78 is 0. The maximum atomic E-state index is 13.3. The van der Waals surface area contributed by atoms with Gasteiger partial charge in [-0.2, -0.15) is 0 Å². The van der Waals surface area contributed by atoms with E-state index in [1.807, 2.05) is 0 Å². The van der Waals surface area contributed by atoms with Gasteiger partial charge in [0.1, 0.15) is 29.9 Å². The normalized spacial score (nSPS) is 27.0. The summed E-state index contributed by atoms with van der Waals surface area (Å²) in [6.07, 6.45) is 0.375. The van der Waals surface area contributed by atoms with Crippen molar-refractivity contribution in [2.24, 2.45) is 28.6 Å². The number of rotatable bonds is 2. The molecule has 3 aliphatic carbocycles. The molecule has 0 heterocycles. The molecule has 0 aliphatic heterocycles. The molecular weight excluding hydrogens is 394 g/mol. The molecule has 1 aromatic rings. The number of nitrogen functional groups attached to an aromatic ring is 1. The van der Waals surface area contributed by atoms with Gasteiger partial charge in [-0.1, -0.05) is 5.16 Å². The number of Topliss-reactive ketones (excluding diaryl/α,β-unsaturated/α-hetero) is 2. The van der Waals surface area contributed by atoms with Gasteiger partial charge in [-0.3, -0.25) is 14.4 Å². The van der Waals surface area contributed by atoms with Crippen LogP contribution in [0.25, 0.3) is 5.76 Å². The first-order valence-electron chi connectivity index (χ1n) is 9.15. The van der Waals surface area contributed by atoms with Crippen molar-refractivity contribution in [1.82, 2.24) is 0 Å². The highest BCUT2D eigenvalue weighted by Gasteiger charge is 2.54. The Bertz CT molecular complexity index is 1120. The maximum absolute atomic E-state index is 13.3. The van der Waals surface area contributed by atoms with Crippen LogP contribution in [0.4, 0.5) is 5.69 Å². The highest BCUT2D eigenvalue weighted by molar-refractivity contribution is 6.34. The van der Waals surface area contributed by atoms with Crippen LogP contribution in [0.2, 0.25) is 0 Å². The molecule has 0 bridgehead atoms. The number of hydrogen-bond acceptors (Lipinski definition) is 9. The van der Waals surface area contributed by atoms with Crippen molar-refractivity contribution >= 4 is 34.6 Å². The average Bonchev–Trinajstić information content (AvgIpc) is 2.67. The van der Waals surface area contributed by atoms with E-state index in [1.54, 1.807) is 0 Å². The van der Waals surface area contributed by atoms with Crippen molar-refractivity contribution in [2.45, 2.75) is 12.8 Å². The number of nitrogens with two attached hydrogens (primary N) is 2. The fourth-order valence-corrected chi connectivity index (χ4v) is 4.72. The molecule has 1 saturated carbocycles. The average molecular weight is 413 g/mol. The zero-order chi connectivity index (χ0) is 21.9. The fourth-order valence-electron chi connectivity index (χ4n) is 4.72. The lowest BCUT2D eigenvalue weighted by Gasteiger charge is -2.41. The summed E-state index contributed by atoms with van der Waals surface area (Å²) in [5.41, 5.74) is 11.2. The number of carbonyl (C=O) groups excluding carboxylic acids is 3. The Hall–Kier alpha value is -3.82. The lowest BCUT2D eigenvalue weighted by Crippen LogP contribution is -2.50. The molecule has 10 heteroatoms. The SMILES string of the molecule is CO/N=C1\C(O)=C(C(N)=O)C(=O)C2C(=O)C3=C(O)c4c(O)ccc(N)c4CC3CC12. The van der Waals surface area contributed by atoms with Crippen LogP contribution in [0.5, 0.6) is 5.75 Å². The first kappa shape index (κ1) is 19.5. The lowest BCUT2D eigenvalue weighted by molar-refractivity contribution is -0.133. The van der Waals surface area contributed by atoms with Crippen molar-refractivity contribution in [3.63, 3.8) is 0 Å². The molecule has 0 spiro atoms. The minimum Gasteiger partial charge on any atom is -0.507 e. The molecule has 3 unspecified atom stereocenters. The van der Waals surface area contributed by atoms with Gasteiger partial charge in [-0.25, -0.2) is 0 Å². The van der Waals surface area contributed by atoms with E-state index < -0.39 is 52.3 Å². The number of phenols is 1. The molecule has 3 atom stereocenters. The molecule has 3 aliphatic rings. The lowest BCUT2D eigenvalue weighted by atomic mass is 9.60. The van der Waals surface area contributed by atoms with E-state index in [-0.39, 0.29) is 35.4 Å². The number of oxime groups is 1. The van der Waals surface area contributed by atoms with E-state index in [0.29, 0.717) is 11.3 Å². The number of carbonyl (C=O) groups is 3. The number of benzene rings is 1. The standard InChI is InChI=1S/C20H19N3O7/c1-30-23-15-8-5-6-4-7-9(21)2-3-10(24)12(7)16(25)11(6)17(26)13(8)18(27)14(19(15)28)20(22)29/h2-3,6,8,13,24-25,28H,4-5,21H2,1H3,(H2,22,29)/b23-15-. The van der Waals surface area contributed by atoms with E-state index in [4.69, 9.17) is 16.3 Å². The summed E-state index contributed by atoms with van der Waals surface area (Å²) in [5.74, 6) is -7.11. The van der Waals surface area contributed by atoms with Crippen LogP contribution in [0, 0.1) is 17.8 Å². The van der Waals surface area contributed by atoms with Crippen molar-refractivity contribution in [3.8, 4) is 5.75 Å². The zero-order valence-electron chi connectivity index (χ0n) is 15.9. The van der Waals surface area contributed by atoms with Crippen LogP contribution in [0.3, 0.4) is 0 Å². The van der Waals surface area contributed by atoms with E-state index in [0.717, 1.165) is 0 Å². The summed E-state index contributed by atoms with van der Waals surface area (Å²) >= 11 is 0. The third-order valence-electron chi connectivity index (χ3n) is 5.96. The first-order valence-corrected chi connectivity index (χ1v) is 9.15. The molecule has 0 saturated heterocycles. The van der Waals surface area contributed by atoms with Crippen molar-refractivity contribution in [2.75, 3.05) is 12.8 Å². The fraction of sp³-hybridized carbons (Fsp3) is 0.300. The molecule has 10 nitrogen and oxygen atoms in total. The number of primary amides is 1. The van der Waals surface area contributed by atoms with Crippen LogP contribution in [0.15, 0.2) is 34.2 Å². The number of aliphatic hydroxyl groups excluding tert-OH is 2. The van der Waals surface area contributed by atoms with Gasteiger partial charge >= 0.3 is 0 Å². The second kappa shape index (κ2) is 6.61. The summed E-state index contributed by atoms with van der Waals surface area (Å²) in [7, 11) is 1.22. The van der Waals surface area contributed by atoms with Gasteiger partial charge in [0, 0.05) is 17.2 Å². The summed E-state index contributed by atoms with van der Waals surface area (Å²) in [5, 5.41) is 35.2. The Morgan fingerprint density at radius 1 is 1.17 bits per heavy atom. The molecular formula is C20H19N3O7. The van der Waals surface area contributed by atoms with Gasteiger partial charge in [0.25, 0.3) is 5.91 Å². The van der Waals surface area contributed by atoms with Gasteiger partial charge in [-0.05, 0) is 36.5 Å². The Balaban J connectivity index is 1.92. The third-order valence-corrected chi connectivity index (χ3v) is 5.96. The highest BCUT2D eigenvalue weighted by atomic mass is 16.6. The maximum Gasteiger partial charge on any atom is 0.256 e. The number of hydrogen-bond donors (Lipinski definition) is 5. The topological polar surface area (TPSA) is 186 Å². The first-order chi connectivity index (χ1) is 14.2. The van der Waals surface area contributed by atoms with Crippen molar-refractivity contribution in [1.29, 1.82) is 0 Å². The Morgan fingerprint density at radius 2 is 1.87 bits per heavy atom. The highest BCUT2D eigenvalue weighted by Crippen LogP contribution is 2.49. The minimum atomic E-state index is -1.41. The van der Waals surface area contributed by atoms with Gasteiger partial charge in [0.05, 0.1) is 11.5 Å². The second-order valence-corrected chi connectivity index (χ2v) is 7.49. The van der Waals surface area contributed by atoms with Crippen molar-refractivity contribution in [3.05, 3.63) is 40.2 Å². The minimum absolute atomic E-state index is 0.0278. The van der Waals surface area contributed by atoms with Gasteiger partial charge in [-0.15, -0.1) is 0 Å². The number of amides is 1. The smallest absolute Gasteiger partial charge is 0.256 e. The Morgan fingerprint density at radius 3 is 2.50 bits per heavy atom. The van der Waals surface area contributed by atoms with E-state index >= 15 is 0 Å². The number of phenolic OH excluding ortho intramolecular Hbond substituents is 1. The zero-order valence-corrected chi connectivity index (χ0v) is 15.9. The number of aromatic hydroxyl groups is 1. The van der Waals surface area contributed by atoms with Crippen LogP contribution in [-0.2, 0) is 25.6 Å². The molecule has 4 rings (SSSR count). The number of anilines is 1. The second-order valence-electron chi connectivity index (χ2n) is 7.49. The number of nitrogens with zero attached hydrogens (tertiary/aromatic N) is 1. The van der Waals surface area contributed by atoms with Crippen LogP contribution >= 0.6 is 0 Å². The van der Waals surface area contributed by atoms with Gasteiger partial charge in [0.15, 0.2) is 17.3 Å². The summed E-state index contributed by atoms with van der Waals surface area (Å²) in [6.45, 7) is 0. The largest absolute Gasteiger partial charge is 0.507 e. The number of ketones is 2. The predicted molar refractivity (Wildman–Crippen MR) is 104 cm³/mol. The van der Waals surface area contributed by atoms with Crippen LogP contribution in [0.1, 0.15) is 17.5 Å². The molecule has 7 N–H and O–H groups in total. The quantitative estimate of drug-likeness (QED) is 0.152. The van der Waals surface area contributed by atoms with Gasteiger partial charge in [0.2, 0.25) is 0 Å². The van der Waals surface area contributed by atoms with Crippen LogP contribution < -0.4 is 11.5 Å². The monoisotopic (exact) mass is 413 g/mol. The molecule has 1 aromatic carbocycles. The molecule has 30 heavy (non-hydrogen) atoms. The number of allylic oxidation sites excluding steroid dienone is 2. The molecule has 156 valence electrons. The molecule has 0 radical (unpaired) electrons. The van der Waals surface area contributed by atoms with E-state index in [1.165, 1.54) is 19.2 Å². The summed E-state index contributed by atoms with van der Waals surface area (Å²) in [6, 6.07) is 2.80. The van der Waals surface area contributed by atoms with E-state index in [2.05, 4.69) is 5.16 Å². The Kier molecular flexibility index (Phi) is 4.30. The molecule has 1 fully saturated rings. The Labute approximate surface area is 170 Å². The predicted octanol–water partition coefficient (Wildman–Crippen LogP) is 0.503. The van der Waals surface area contributed by atoms with E-state index in [9.17, 15) is 29.7 Å². The molecule has 0 aromatic heterocycles. The number of aliphatic hydroxyl groups is 2. The summed E-state index contributed by atoms with van der Waals surface area (Å²) in [4.78, 5) is 42.8. The number of fused-ring (bicyclic) bond motifs is 3. The van der Waals surface area contributed by atoms with Crippen molar-refractivity contribution < 1.29 is 34.5 Å².